The number of aromatic nitrogens is 3. The van der Waals surface area contributed by atoms with Gasteiger partial charge in [-0.25, -0.2) is 9.97 Å². The second-order valence-corrected chi connectivity index (χ2v) is 6.85. The van der Waals surface area contributed by atoms with Gasteiger partial charge in [-0.1, -0.05) is 13.0 Å². The van der Waals surface area contributed by atoms with Crippen LogP contribution in [0.5, 0.6) is 0 Å². The van der Waals surface area contributed by atoms with E-state index in [-0.39, 0.29) is 5.91 Å². The molecular formula is C20H23N5O. The van der Waals surface area contributed by atoms with Crippen molar-refractivity contribution in [1.82, 2.24) is 15.0 Å². The maximum Gasteiger partial charge on any atom is 0.274 e. The minimum Gasteiger partial charge on any atom is -0.361 e. The van der Waals surface area contributed by atoms with E-state index in [1.54, 1.807) is 6.07 Å². The van der Waals surface area contributed by atoms with E-state index in [0.717, 1.165) is 47.8 Å². The van der Waals surface area contributed by atoms with Gasteiger partial charge in [0.2, 0.25) is 0 Å². The Bertz CT molecular complexity index is 915. The van der Waals surface area contributed by atoms with Crippen molar-refractivity contribution in [3.05, 3.63) is 48.5 Å². The minimum atomic E-state index is -0.217. The highest BCUT2D eigenvalue weighted by molar-refractivity contribution is 6.08. The van der Waals surface area contributed by atoms with E-state index < -0.39 is 0 Å². The van der Waals surface area contributed by atoms with E-state index in [9.17, 15) is 4.79 Å². The molecule has 1 aromatic carbocycles. The van der Waals surface area contributed by atoms with Crippen molar-refractivity contribution >= 4 is 28.3 Å². The number of carbonyl (C=O) groups excluding carboxylic acids is 1. The molecule has 6 nitrogen and oxygen atoms in total. The predicted octanol–water partition coefficient (Wildman–Crippen LogP) is 3.84. The summed E-state index contributed by atoms with van der Waals surface area (Å²) in [4.78, 5) is 26.7. The van der Waals surface area contributed by atoms with Crippen molar-refractivity contribution in [2.24, 2.45) is 5.92 Å². The third kappa shape index (κ3) is 3.54. The standard InChI is InChI=1S/C20H23N5O/c1-2-10-25(12-14-6-7-14)19-11-18(22-13-23-19)20(26)24-17-5-3-4-16-15(17)8-9-21-16/h3-5,8-9,11,13-14,21H,2,6-7,10,12H2,1H3,(H,24,26). The summed E-state index contributed by atoms with van der Waals surface area (Å²) in [6.07, 6.45) is 6.98. The number of carbonyl (C=O) groups is 1. The van der Waals surface area contributed by atoms with Gasteiger partial charge in [-0.2, -0.15) is 0 Å². The van der Waals surface area contributed by atoms with Crippen molar-refractivity contribution in [3.8, 4) is 0 Å². The first-order valence-electron chi connectivity index (χ1n) is 9.19. The van der Waals surface area contributed by atoms with Gasteiger partial charge in [-0.3, -0.25) is 4.79 Å². The zero-order valence-corrected chi connectivity index (χ0v) is 14.9. The molecule has 0 atom stereocenters. The zero-order valence-electron chi connectivity index (χ0n) is 14.9. The first-order valence-corrected chi connectivity index (χ1v) is 9.19. The summed E-state index contributed by atoms with van der Waals surface area (Å²) in [6.45, 7) is 4.11. The Morgan fingerprint density at radius 2 is 2.19 bits per heavy atom. The molecule has 1 saturated carbocycles. The SMILES string of the molecule is CCCN(CC1CC1)c1cc(C(=O)Nc2cccc3[nH]ccc23)ncn1. The molecule has 2 aromatic heterocycles. The Kier molecular flexibility index (Phi) is 4.56. The molecule has 1 aliphatic carbocycles. The molecule has 0 saturated heterocycles. The lowest BCUT2D eigenvalue weighted by molar-refractivity contribution is 0.102. The monoisotopic (exact) mass is 349 g/mol. The van der Waals surface area contributed by atoms with Gasteiger partial charge in [0.05, 0.1) is 5.69 Å². The number of nitrogens with zero attached hydrogens (tertiary/aromatic N) is 3. The molecule has 1 amide bonds. The van der Waals surface area contributed by atoms with E-state index in [0.29, 0.717) is 5.69 Å². The van der Waals surface area contributed by atoms with Gasteiger partial charge in [-0.05, 0) is 43.4 Å². The normalized spacial score (nSPS) is 13.7. The third-order valence-electron chi connectivity index (χ3n) is 4.72. The number of fused-ring (bicyclic) bond motifs is 1. The summed E-state index contributed by atoms with van der Waals surface area (Å²) in [5.41, 5.74) is 2.15. The van der Waals surface area contributed by atoms with Gasteiger partial charge in [0, 0.05) is 36.3 Å². The number of rotatable bonds is 7. The molecular weight excluding hydrogens is 326 g/mol. The number of anilines is 2. The van der Waals surface area contributed by atoms with E-state index in [1.807, 2.05) is 30.5 Å². The molecule has 3 aromatic rings. The average Bonchev–Trinajstić information content (AvgIpc) is 3.34. The number of H-pyrrole nitrogens is 1. The van der Waals surface area contributed by atoms with Gasteiger partial charge >= 0.3 is 0 Å². The van der Waals surface area contributed by atoms with Crippen molar-refractivity contribution in [3.63, 3.8) is 0 Å². The second kappa shape index (κ2) is 7.15. The van der Waals surface area contributed by atoms with Crippen molar-refractivity contribution in [2.45, 2.75) is 26.2 Å². The van der Waals surface area contributed by atoms with Gasteiger partial charge < -0.3 is 15.2 Å². The zero-order chi connectivity index (χ0) is 17.9. The van der Waals surface area contributed by atoms with Gasteiger partial charge in [0.15, 0.2) is 0 Å². The molecule has 26 heavy (non-hydrogen) atoms. The number of amides is 1. The van der Waals surface area contributed by atoms with E-state index in [4.69, 9.17) is 0 Å². The number of nitrogens with one attached hydrogen (secondary N) is 2. The molecule has 1 fully saturated rings. The average molecular weight is 349 g/mol. The number of benzene rings is 1. The highest BCUT2D eigenvalue weighted by atomic mass is 16.1. The summed E-state index contributed by atoms with van der Waals surface area (Å²) < 4.78 is 0. The lowest BCUT2D eigenvalue weighted by atomic mass is 10.2. The number of hydrogen-bond donors (Lipinski definition) is 2. The summed E-state index contributed by atoms with van der Waals surface area (Å²) in [5, 5.41) is 3.95. The van der Waals surface area contributed by atoms with Crippen LogP contribution in [0.15, 0.2) is 42.9 Å². The molecule has 1 aliphatic rings. The quantitative estimate of drug-likeness (QED) is 0.680. The third-order valence-corrected chi connectivity index (χ3v) is 4.72. The van der Waals surface area contributed by atoms with Gasteiger partial charge in [0.1, 0.15) is 17.8 Å². The molecule has 0 aliphatic heterocycles. The fourth-order valence-corrected chi connectivity index (χ4v) is 3.21. The predicted molar refractivity (Wildman–Crippen MR) is 104 cm³/mol. The smallest absolute Gasteiger partial charge is 0.274 e. The van der Waals surface area contributed by atoms with Crippen LogP contribution in [-0.2, 0) is 0 Å². The van der Waals surface area contributed by atoms with Crippen LogP contribution in [0.3, 0.4) is 0 Å². The van der Waals surface area contributed by atoms with Crippen LogP contribution in [0.2, 0.25) is 0 Å². The molecule has 134 valence electrons. The maximum atomic E-state index is 12.7. The molecule has 0 spiro atoms. The fraction of sp³-hybridized carbons (Fsp3) is 0.350. The Labute approximate surface area is 152 Å². The van der Waals surface area contributed by atoms with Gasteiger partial charge in [-0.15, -0.1) is 0 Å². The van der Waals surface area contributed by atoms with Crippen LogP contribution >= 0.6 is 0 Å². The highest BCUT2D eigenvalue weighted by Crippen LogP contribution is 2.31. The molecule has 2 heterocycles. The lowest BCUT2D eigenvalue weighted by Gasteiger charge is -2.23. The summed E-state index contributed by atoms with van der Waals surface area (Å²) >= 11 is 0. The Balaban J connectivity index is 1.55. The van der Waals surface area contributed by atoms with Gasteiger partial charge in [0.25, 0.3) is 5.91 Å². The topological polar surface area (TPSA) is 73.9 Å². The molecule has 0 unspecified atom stereocenters. The first-order chi connectivity index (χ1) is 12.7. The summed E-state index contributed by atoms with van der Waals surface area (Å²) in [7, 11) is 0. The number of aromatic amines is 1. The molecule has 6 heteroatoms. The van der Waals surface area contributed by atoms with Crippen LogP contribution in [-0.4, -0.2) is 33.9 Å². The van der Waals surface area contributed by atoms with Crippen molar-refractivity contribution in [1.29, 1.82) is 0 Å². The van der Waals surface area contributed by atoms with E-state index >= 15 is 0 Å². The lowest BCUT2D eigenvalue weighted by Crippen LogP contribution is -2.28. The largest absolute Gasteiger partial charge is 0.361 e. The molecule has 0 bridgehead atoms. The summed E-state index contributed by atoms with van der Waals surface area (Å²) in [5.74, 6) is 1.38. The van der Waals surface area contributed by atoms with Crippen molar-refractivity contribution < 1.29 is 4.79 Å². The van der Waals surface area contributed by atoms with E-state index in [2.05, 4.69) is 32.1 Å². The molecule has 0 radical (unpaired) electrons. The van der Waals surface area contributed by atoms with Crippen molar-refractivity contribution in [2.75, 3.05) is 23.3 Å². The Morgan fingerprint density at radius 1 is 1.31 bits per heavy atom. The number of hydrogen-bond acceptors (Lipinski definition) is 4. The van der Waals surface area contributed by atoms with E-state index in [1.165, 1.54) is 19.2 Å². The van der Waals surface area contributed by atoms with Crippen LogP contribution in [0.25, 0.3) is 10.9 Å². The molecule has 4 rings (SSSR count). The maximum absolute atomic E-state index is 12.7. The molecule has 2 N–H and O–H groups in total. The fourth-order valence-electron chi connectivity index (χ4n) is 3.21. The first kappa shape index (κ1) is 16.6. The second-order valence-electron chi connectivity index (χ2n) is 6.85. The van der Waals surface area contributed by atoms with Crippen LogP contribution in [0.1, 0.15) is 36.7 Å². The van der Waals surface area contributed by atoms with Crippen LogP contribution in [0, 0.1) is 5.92 Å². The highest BCUT2D eigenvalue weighted by Gasteiger charge is 2.25. The minimum absolute atomic E-state index is 0.217. The Morgan fingerprint density at radius 3 is 3.00 bits per heavy atom. The van der Waals surface area contributed by atoms with Crippen LogP contribution in [0.4, 0.5) is 11.5 Å². The Hall–Kier alpha value is -2.89. The summed E-state index contributed by atoms with van der Waals surface area (Å²) in [6, 6.07) is 9.54. The van der Waals surface area contributed by atoms with Crippen LogP contribution < -0.4 is 10.2 Å².